The molecule has 26 heavy (non-hydrogen) atoms. The molecule has 1 fully saturated rings. The van der Waals surface area contributed by atoms with Crippen molar-refractivity contribution in [2.24, 2.45) is 5.92 Å². The third-order valence-corrected chi connectivity index (χ3v) is 6.63. The summed E-state index contributed by atoms with van der Waals surface area (Å²) in [5, 5.41) is 15.6. The van der Waals surface area contributed by atoms with E-state index in [-0.39, 0.29) is 16.4 Å². The molecule has 0 aromatic heterocycles. The second-order valence-electron chi connectivity index (χ2n) is 6.15. The Morgan fingerprint density at radius 2 is 2.04 bits per heavy atom. The van der Waals surface area contributed by atoms with E-state index in [4.69, 9.17) is 4.74 Å². The highest BCUT2D eigenvalue weighted by molar-refractivity contribution is 7.89. The van der Waals surface area contributed by atoms with E-state index < -0.39 is 22.0 Å². The maximum Gasteiger partial charge on any atom is 0.255 e. The Balaban J connectivity index is 2.25. The topological polar surface area (TPSA) is 108 Å². The van der Waals surface area contributed by atoms with Crippen LogP contribution in [0.1, 0.15) is 24.2 Å². The summed E-state index contributed by atoms with van der Waals surface area (Å²) in [5.41, 5.74) is 0.154. The van der Waals surface area contributed by atoms with Crippen molar-refractivity contribution in [2.75, 3.05) is 39.8 Å². The Labute approximate surface area is 154 Å². The van der Waals surface area contributed by atoms with E-state index in [2.05, 4.69) is 10.6 Å². The maximum absolute atomic E-state index is 12.7. The van der Waals surface area contributed by atoms with Crippen LogP contribution in [0, 0.1) is 5.92 Å². The van der Waals surface area contributed by atoms with Crippen LogP contribution >= 0.6 is 0 Å². The fraction of sp³-hybridized carbons (Fsp3) is 0.588. The lowest BCUT2D eigenvalue weighted by Crippen LogP contribution is -2.35. The summed E-state index contributed by atoms with van der Waals surface area (Å²) >= 11 is 0. The van der Waals surface area contributed by atoms with E-state index in [0.29, 0.717) is 38.5 Å². The first-order valence-corrected chi connectivity index (χ1v) is 10.1. The highest BCUT2D eigenvalue weighted by atomic mass is 32.2. The number of amides is 1. The molecule has 0 bridgehead atoms. The summed E-state index contributed by atoms with van der Waals surface area (Å²) in [6, 6.07) is 4.26. The zero-order chi connectivity index (χ0) is 19.3. The van der Waals surface area contributed by atoms with Crippen LogP contribution in [0.4, 0.5) is 0 Å². The van der Waals surface area contributed by atoms with E-state index in [1.54, 1.807) is 13.8 Å². The summed E-state index contributed by atoms with van der Waals surface area (Å²) in [7, 11) is -2.25. The van der Waals surface area contributed by atoms with E-state index in [0.717, 1.165) is 0 Å². The van der Waals surface area contributed by atoms with Crippen LogP contribution in [0.25, 0.3) is 0 Å². The number of aliphatic hydroxyl groups is 1. The monoisotopic (exact) mass is 385 g/mol. The molecule has 1 aromatic rings. The third kappa shape index (κ3) is 4.35. The highest BCUT2D eigenvalue weighted by Crippen LogP contribution is 2.24. The minimum absolute atomic E-state index is 0.0507. The largest absolute Gasteiger partial charge is 0.496 e. The van der Waals surface area contributed by atoms with Gasteiger partial charge in [0.15, 0.2) is 0 Å². The Morgan fingerprint density at radius 1 is 1.35 bits per heavy atom. The molecule has 2 unspecified atom stereocenters. The number of sulfonamides is 1. The van der Waals surface area contributed by atoms with Crippen LogP contribution in [0.3, 0.4) is 0 Å². The van der Waals surface area contributed by atoms with Gasteiger partial charge in [-0.3, -0.25) is 4.79 Å². The molecule has 146 valence electrons. The summed E-state index contributed by atoms with van der Waals surface area (Å²) in [5.74, 6) is -0.212. The van der Waals surface area contributed by atoms with Crippen LogP contribution in [0.5, 0.6) is 5.75 Å². The Bertz CT molecular complexity index is 734. The van der Waals surface area contributed by atoms with Crippen molar-refractivity contribution in [1.29, 1.82) is 0 Å². The zero-order valence-corrected chi connectivity index (χ0v) is 16.2. The highest BCUT2D eigenvalue weighted by Gasteiger charge is 2.27. The van der Waals surface area contributed by atoms with Gasteiger partial charge in [0, 0.05) is 38.6 Å². The van der Waals surface area contributed by atoms with Crippen molar-refractivity contribution in [3.05, 3.63) is 23.8 Å². The summed E-state index contributed by atoms with van der Waals surface area (Å²) in [4.78, 5) is 12.6. The molecule has 0 radical (unpaired) electrons. The first kappa shape index (κ1) is 20.6. The van der Waals surface area contributed by atoms with Gasteiger partial charge in [-0.05, 0) is 18.2 Å². The molecule has 8 nitrogen and oxygen atoms in total. The number of nitrogens with zero attached hydrogens (tertiary/aromatic N) is 1. The minimum atomic E-state index is -3.67. The molecule has 3 N–H and O–H groups in total. The molecule has 1 amide bonds. The van der Waals surface area contributed by atoms with Gasteiger partial charge in [-0.25, -0.2) is 8.42 Å². The number of carbonyl (C=O) groups is 1. The average molecular weight is 385 g/mol. The van der Waals surface area contributed by atoms with Crippen molar-refractivity contribution in [3.8, 4) is 5.75 Å². The summed E-state index contributed by atoms with van der Waals surface area (Å²) in [6.07, 6.45) is -0.508. The van der Waals surface area contributed by atoms with E-state index in [1.807, 2.05) is 0 Å². The van der Waals surface area contributed by atoms with Gasteiger partial charge in [0.1, 0.15) is 5.75 Å². The van der Waals surface area contributed by atoms with Crippen LogP contribution in [-0.4, -0.2) is 69.7 Å². The number of methoxy groups -OCH3 is 1. The van der Waals surface area contributed by atoms with Crippen molar-refractivity contribution in [1.82, 2.24) is 14.9 Å². The molecule has 1 aromatic carbocycles. The predicted molar refractivity (Wildman–Crippen MR) is 97.8 cm³/mol. The molecule has 1 heterocycles. The molecule has 1 aliphatic rings. The fourth-order valence-corrected chi connectivity index (χ4v) is 4.47. The summed E-state index contributed by atoms with van der Waals surface area (Å²) in [6.45, 7) is 5.63. The average Bonchev–Trinajstić information content (AvgIpc) is 3.04. The van der Waals surface area contributed by atoms with Gasteiger partial charge in [-0.2, -0.15) is 4.31 Å². The lowest BCUT2D eigenvalue weighted by Gasteiger charge is -2.20. The van der Waals surface area contributed by atoms with E-state index in [1.165, 1.54) is 29.6 Å². The van der Waals surface area contributed by atoms with Gasteiger partial charge in [0.05, 0.1) is 23.7 Å². The van der Waals surface area contributed by atoms with Crippen LogP contribution in [0.2, 0.25) is 0 Å². The van der Waals surface area contributed by atoms with Crippen molar-refractivity contribution in [2.45, 2.75) is 24.8 Å². The lowest BCUT2D eigenvalue weighted by atomic mass is 10.1. The third-order valence-electron chi connectivity index (χ3n) is 4.59. The van der Waals surface area contributed by atoms with Crippen molar-refractivity contribution >= 4 is 15.9 Å². The molecule has 0 aliphatic carbocycles. The second-order valence-corrected chi connectivity index (χ2v) is 8.09. The SMILES string of the molecule is CCN(CC)S(=O)(=O)c1ccc(OC)c(C(=O)NCC2CNCC2O)c1. The minimum Gasteiger partial charge on any atom is -0.496 e. The molecule has 9 heteroatoms. The maximum atomic E-state index is 12.7. The summed E-state index contributed by atoms with van der Waals surface area (Å²) < 4.78 is 31.9. The van der Waals surface area contributed by atoms with Crippen LogP contribution < -0.4 is 15.4 Å². The Morgan fingerprint density at radius 3 is 2.58 bits per heavy atom. The van der Waals surface area contributed by atoms with Crippen molar-refractivity contribution in [3.63, 3.8) is 0 Å². The number of β-amino-alcohol motifs (C(OH)–C–C–N with tert-alkyl or cyclic N) is 1. The lowest BCUT2D eigenvalue weighted by molar-refractivity contribution is 0.0924. The number of ether oxygens (including phenoxy) is 1. The van der Waals surface area contributed by atoms with Gasteiger partial charge in [-0.1, -0.05) is 13.8 Å². The number of hydrogen-bond acceptors (Lipinski definition) is 6. The van der Waals surface area contributed by atoms with Crippen LogP contribution in [-0.2, 0) is 10.0 Å². The normalized spacial score (nSPS) is 20.3. The fourth-order valence-electron chi connectivity index (χ4n) is 2.98. The van der Waals surface area contributed by atoms with E-state index in [9.17, 15) is 18.3 Å². The number of rotatable bonds is 8. The van der Waals surface area contributed by atoms with Gasteiger partial charge in [0.25, 0.3) is 5.91 Å². The quantitative estimate of drug-likeness (QED) is 0.583. The second kappa shape index (κ2) is 8.81. The number of carbonyl (C=O) groups excluding carboxylic acids is 1. The van der Waals surface area contributed by atoms with Crippen LogP contribution in [0.15, 0.2) is 23.1 Å². The molecule has 2 atom stereocenters. The number of benzene rings is 1. The predicted octanol–water partition coefficient (Wildman–Crippen LogP) is 0.0358. The van der Waals surface area contributed by atoms with Gasteiger partial charge in [-0.15, -0.1) is 0 Å². The molecular formula is C17H27N3O5S. The number of aliphatic hydroxyl groups excluding tert-OH is 1. The molecular weight excluding hydrogens is 358 g/mol. The molecule has 1 aliphatic heterocycles. The first-order valence-electron chi connectivity index (χ1n) is 8.70. The van der Waals surface area contributed by atoms with Gasteiger partial charge >= 0.3 is 0 Å². The Kier molecular flexibility index (Phi) is 6.99. The molecule has 1 saturated heterocycles. The molecule has 0 saturated carbocycles. The number of nitrogens with one attached hydrogen (secondary N) is 2. The molecule has 0 spiro atoms. The first-order chi connectivity index (χ1) is 12.3. The smallest absolute Gasteiger partial charge is 0.255 e. The van der Waals surface area contributed by atoms with E-state index >= 15 is 0 Å². The molecule has 2 rings (SSSR count). The Hall–Kier alpha value is -1.68. The standard InChI is InChI=1S/C17H27N3O5S/c1-4-20(5-2)26(23,24)13-6-7-16(25-3)14(8-13)17(22)19-10-12-9-18-11-15(12)21/h6-8,12,15,18,21H,4-5,9-11H2,1-3H3,(H,19,22). The van der Waals surface area contributed by atoms with Gasteiger partial charge in [0.2, 0.25) is 10.0 Å². The van der Waals surface area contributed by atoms with Gasteiger partial charge < -0.3 is 20.5 Å². The number of hydrogen-bond donors (Lipinski definition) is 3. The zero-order valence-electron chi connectivity index (χ0n) is 15.4. The van der Waals surface area contributed by atoms with Crippen molar-refractivity contribution < 1.29 is 23.1 Å².